The van der Waals surface area contributed by atoms with Crippen molar-refractivity contribution in [1.29, 1.82) is 0 Å². The van der Waals surface area contributed by atoms with Gasteiger partial charge in [0.05, 0.1) is 13.3 Å². The lowest BCUT2D eigenvalue weighted by atomic mass is 10.1. The number of aryl methyl sites for hydroxylation is 1. The molecular formula is C13H13F3N3O3S+. The van der Waals surface area contributed by atoms with E-state index in [1.807, 2.05) is 0 Å². The monoisotopic (exact) mass is 348 g/mol. The van der Waals surface area contributed by atoms with Crippen molar-refractivity contribution in [2.75, 3.05) is 12.9 Å². The average Bonchev–Trinajstić information content (AvgIpc) is 2.53. The van der Waals surface area contributed by atoms with Gasteiger partial charge in [-0.2, -0.15) is 26.7 Å². The first kappa shape index (κ1) is 17.3. The zero-order valence-electron chi connectivity index (χ0n) is 12.0. The largest absolute Gasteiger partial charge is 0.435 e. The maximum absolute atomic E-state index is 12.6. The number of halogens is 3. The first-order valence-electron chi connectivity index (χ1n) is 6.39. The van der Waals surface area contributed by atoms with Crippen LogP contribution in [0.3, 0.4) is 0 Å². The Morgan fingerprint density at radius 1 is 1.22 bits per heavy atom. The van der Waals surface area contributed by atoms with Gasteiger partial charge in [-0.05, 0) is 11.6 Å². The van der Waals surface area contributed by atoms with E-state index in [0.717, 1.165) is 13.2 Å². The molecule has 0 N–H and O–H groups in total. The van der Waals surface area contributed by atoms with Gasteiger partial charge in [-0.25, -0.2) is 4.57 Å². The SMILES string of the molecule is COS(=O)(=O)CC[n+]1ccc(-c2cnnc(C(F)(F)F)c2)cc1. The molecule has 23 heavy (non-hydrogen) atoms. The van der Waals surface area contributed by atoms with Gasteiger partial charge in [0.15, 0.2) is 24.6 Å². The molecule has 0 fully saturated rings. The third kappa shape index (κ3) is 4.70. The van der Waals surface area contributed by atoms with Gasteiger partial charge >= 0.3 is 6.18 Å². The summed E-state index contributed by atoms with van der Waals surface area (Å²) in [5.41, 5.74) is -0.293. The van der Waals surface area contributed by atoms with E-state index in [9.17, 15) is 21.6 Å². The lowest BCUT2D eigenvalue weighted by Gasteiger charge is -2.06. The highest BCUT2D eigenvalue weighted by Gasteiger charge is 2.33. The molecule has 2 aromatic heterocycles. The van der Waals surface area contributed by atoms with E-state index in [1.165, 1.54) is 6.20 Å². The molecule has 0 aromatic carbocycles. The molecule has 0 saturated carbocycles. The Kier molecular flexibility index (Phi) is 4.95. The Labute approximate surface area is 130 Å². The number of hydrogen-bond donors (Lipinski definition) is 0. The quantitative estimate of drug-likeness (QED) is 0.604. The van der Waals surface area contributed by atoms with E-state index in [2.05, 4.69) is 14.4 Å². The summed E-state index contributed by atoms with van der Waals surface area (Å²) in [7, 11) is -2.48. The fraction of sp³-hybridized carbons (Fsp3) is 0.308. The molecule has 0 saturated heterocycles. The van der Waals surface area contributed by atoms with Crippen LogP contribution >= 0.6 is 0 Å². The molecule has 0 amide bonds. The second kappa shape index (κ2) is 6.59. The van der Waals surface area contributed by atoms with E-state index in [4.69, 9.17) is 0 Å². The summed E-state index contributed by atoms with van der Waals surface area (Å²) in [6, 6.07) is 4.04. The van der Waals surface area contributed by atoms with Crippen LogP contribution in [0.2, 0.25) is 0 Å². The molecular weight excluding hydrogens is 335 g/mol. The van der Waals surface area contributed by atoms with Gasteiger partial charge in [-0.3, -0.25) is 4.18 Å². The van der Waals surface area contributed by atoms with Crippen molar-refractivity contribution >= 4 is 10.1 Å². The topological polar surface area (TPSA) is 73.0 Å². The molecule has 0 bridgehead atoms. The summed E-state index contributed by atoms with van der Waals surface area (Å²) < 4.78 is 66.2. The second-order valence-corrected chi connectivity index (χ2v) is 6.44. The molecule has 0 aliphatic heterocycles. The third-order valence-electron chi connectivity index (χ3n) is 3.02. The zero-order chi connectivity index (χ0) is 17.1. The fourth-order valence-corrected chi connectivity index (χ4v) is 2.36. The number of nitrogens with zero attached hydrogens (tertiary/aromatic N) is 3. The normalized spacial score (nSPS) is 12.3. The van der Waals surface area contributed by atoms with E-state index in [1.54, 1.807) is 29.1 Å². The first-order valence-corrected chi connectivity index (χ1v) is 7.97. The second-order valence-electron chi connectivity index (χ2n) is 4.58. The van der Waals surface area contributed by atoms with Crippen molar-refractivity contribution in [1.82, 2.24) is 10.2 Å². The predicted molar refractivity (Wildman–Crippen MR) is 73.5 cm³/mol. The van der Waals surface area contributed by atoms with Gasteiger partial charge in [0.25, 0.3) is 10.1 Å². The Morgan fingerprint density at radius 2 is 1.87 bits per heavy atom. The molecule has 10 heteroatoms. The smallest absolute Gasteiger partial charge is 0.273 e. The highest BCUT2D eigenvalue weighted by atomic mass is 32.2. The highest BCUT2D eigenvalue weighted by molar-refractivity contribution is 7.86. The van der Waals surface area contributed by atoms with Crippen molar-refractivity contribution in [2.24, 2.45) is 0 Å². The van der Waals surface area contributed by atoms with Gasteiger partial charge < -0.3 is 0 Å². The van der Waals surface area contributed by atoms with Crippen molar-refractivity contribution in [3.8, 4) is 11.1 Å². The molecule has 0 atom stereocenters. The molecule has 0 radical (unpaired) electrons. The van der Waals surface area contributed by atoms with Gasteiger partial charge in [-0.15, -0.1) is 5.10 Å². The molecule has 2 aromatic rings. The van der Waals surface area contributed by atoms with Crippen LogP contribution in [0.15, 0.2) is 36.8 Å². The molecule has 124 valence electrons. The molecule has 2 rings (SSSR count). The minimum atomic E-state index is -4.56. The van der Waals surface area contributed by atoms with Crippen LogP contribution in [-0.2, 0) is 27.0 Å². The number of aromatic nitrogens is 3. The first-order chi connectivity index (χ1) is 10.7. The molecule has 2 heterocycles. The van der Waals surface area contributed by atoms with Crippen molar-refractivity contribution in [3.63, 3.8) is 0 Å². The van der Waals surface area contributed by atoms with Crippen LogP contribution in [-0.4, -0.2) is 31.5 Å². The standard InChI is InChI=1S/C13H13F3N3O3S/c1-22-23(20,21)7-6-19-4-2-10(3-5-19)11-8-12(13(14,15)16)18-17-9-11/h2-5,8-9H,6-7H2,1H3/q+1. The summed E-state index contributed by atoms with van der Waals surface area (Å²) in [6.07, 6.45) is -0.209. The van der Waals surface area contributed by atoms with Crippen LogP contribution in [0.25, 0.3) is 11.1 Å². The fourth-order valence-electron chi connectivity index (χ4n) is 1.76. The van der Waals surface area contributed by atoms with Crippen molar-refractivity contribution in [3.05, 3.63) is 42.5 Å². The minimum Gasteiger partial charge on any atom is -0.273 e. The average molecular weight is 348 g/mol. The molecule has 0 aliphatic rings. The van der Waals surface area contributed by atoms with Gasteiger partial charge in [0, 0.05) is 17.7 Å². The lowest BCUT2D eigenvalue weighted by molar-refractivity contribution is -0.692. The third-order valence-corrected chi connectivity index (χ3v) is 4.21. The van der Waals surface area contributed by atoms with Crippen LogP contribution < -0.4 is 4.57 Å². The number of rotatable bonds is 5. The lowest BCUT2D eigenvalue weighted by Crippen LogP contribution is -2.36. The summed E-state index contributed by atoms with van der Waals surface area (Å²) in [5.74, 6) is -0.206. The van der Waals surface area contributed by atoms with Crippen molar-refractivity contribution in [2.45, 2.75) is 12.7 Å². The molecule has 0 spiro atoms. The number of hydrogen-bond acceptors (Lipinski definition) is 5. The predicted octanol–water partition coefficient (Wildman–Crippen LogP) is 1.43. The number of pyridine rings is 1. The van der Waals surface area contributed by atoms with Crippen LogP contribution in [0.5, 0.6) is 0 Å². The Balaban J connectivity index is 2.17. The number of alkyl halides is 3. The van der Waals surface area contributed by atoms with Crippen molar-refractivity contribution < 1.29 is 30.3 Å². The molecule has 0 unspecified atom stereocenters. The maximum atomic E-state index is 12.6. The summed E-state index contributed by atoms with van der Waals surface area (Å²) in [6.45, 7) is 0.166. The summed E-state index contributed by atoms with van der Waals surface area (Å²) in [4.78, 5) is 0. The van der Waals surface area contributed by atoms with Gasteiger partial charge in [0.1, 0.15) is 5.75 Å². The molecule has 0 aliphatic carbocycles. The Bertz CT molecular complexity index is 777. The van der Waals surface area contributed by atoms with Gasteiger partial charge in [0.2, 0.25) is 0 Å². The van der Waals surface area contributed by atoms with E-state index in [0.29, 0.717) is 5.56 Å². The Hall–Kier alpha value is -2.07. The molecule has 6 nitrogen and oxygen atoms in total. The van der Waals surface area contributed by atoms with E-state index in [-0.39, 0.29) is 17.9 Å². The minimum absolute atomic E-state index is 0.166. The summed E-state index contributed by atoms with van der Waals surface area (Å²) >= 11 is 0. The van der Waals surface area contributed by atoms with Gasteiger partial charge in [-0.1, -0.05) is 0 Å². The Morgan fingerprint density at radius 3 is 2.43 bits per heavy atom. The van der Waals surface area contributed by atoms with Crippen LogP contribution in [0.4, 0.5) is 13.2 Å². The van der Waals surface area contributed by atoms with E-state index < -0.39 is 22.0 Å². The van der Waals surface area contributed by atoms with E-state index >= 15 is 0 Å². The highest BCUT2D eigenvalue weighted by Crippen LogP contribution is 2.29. The maximum Gasteiger partial charge on any atom is 0.435 e. The summed E-state index contributed by atoms with van der Waals surface area (Å²) in [5, 5.41) is 6.42. The van der Waals surface area contributed by atoms with Crippen LogP contribution in [0.1, 0.15) is 5.69 Å². The van der Waals surface area contributed by atoms with Crippen LogP contribution in [0, 0.1) is 0 Å². The zero-order valence-corrected chi connectivity index (χ0v) is 12.8.